The third-order valence-electron chi connectivity index (χ3n) is 4.23. The Morgan fingerprint density at radius 1 is 1.12 bits per heavy atom. The van der Waals surface area contributed by atoms with Gasteiger partial charge in [-0.15, -0.1) is 11.3 Å². The molecule has 2 amide bonds. The number of rotatable bonds is 4. The van der Waals surface area contributed by atoms with Gasteiger partial charge in [0.05, 0.1) is 12.7 Å². The molecule has 0 fully saturated rings. The number of benzene rings is 1. The van der Waals surface area contributed by atoms with Gasteiger partial charge in [-0.3, -0.25) is 9.59 Å². The van der Waals surface area contributed by atoms with Gasteiger partial charge in [0.25, 0.3) is 5.91 Å². The minimum absolute atomic E-state index is 0.207. The molecule has 0 atom stereocenters. The van der Waals surface area contributed by atoms with Gasteiger partial charge in [-0.1, -0.05) is 6.07 Å². The lowest BCUT2D eigenvalue weighted by Gasteiger charge is -2.12. The van der Waals surface area contributed by atoms with E-state index in [0.29, 0.717) is 21.8 Å². The molecule has 0 bridgehead atoms. The summed E-state index contributed by atoms with van der Waals surface area (Å²) in [6.45, 7) is 1.41. The monoisotopic (exact) mass is 372 g/mol. The number of hydrogen-bond acceptors (Lipinski definition) is 5. The van der Waals surface area contributed by atoms with Gasteiger partial charge in [0.2, 0.25) is 5.91 Å². The van der Waals surface area contributed by atoms with Crippen LogP contribution in [-0.2, 0) is 22.4 Å². The summed E-state index contributed by atoms with van der Waals surface area (Å²) >= 11 is 1.44. The highest BCUT2D eigenvalue weighted by Crippen LogP contribution is 2.38. The highest BCUT2D eigenvalue weighted by atomic mass is 32.1. The largest absolute Gasteiger partial charge is 0.465 e. The second-order valence-electron chi connectivity index (χ2n) is 6.12. The molecule has 0 radical (unpaired) electrons. The number of amides is 2. The zero-order chi connectivity index (χ0) is 18.7. The second kappa shape index (κ2) is 7.70. The summed E-state index contributed by atoms with van der Waals surface area (Å²) in [6.07, 6.45) is 3.85. The summed E-state index contributed by atoms with van der Waals surface area (Å²) in [4.78, 5) is 37.2. The van der Waals surface area contributed by atoms with Gasteiger partial charge in [0.1, 0.15) is 5.00 Å². The van der Waals surface area contributed by atoms with E-state index in [1.165, 1.54) is 25.4 Å². The standard InChI is InChI=1S/C19H20N2O4S/c1-11(22)20-13-7-5-6-12(10-13)17(23)21-18-16(19(24)25-2)14-8-3-4-9-15(14)26-18/h5-7,10H,3-4,8-9H2,1-2H3,(H,20,22)(H,21,23). The van der Waals surface area contributed by atoms with E-state index in [0.717, 1.165) is 36.1 Å². The summed E-state index contributed by atoms with van der Waals surface area (Å²) < 4.78 is 4.92. The van der Waals surface area contributed by atoms with Gasteiger partial charge >= 0.3 is 5.97 Å². The molecular formula is C19H20N2O4S. The molecule has 2 aromatic rings. The number of thiophene rings is 1. The average Bonchev–Trinajstić information content (AvgIpc) is 2.98. The number of esters is 1. The van der Waals surface area contributed by atoms with Crippen LogP contribution in [0, 0.1) is 0 Å². The molecule has 0 unspecified atom stereocenters. The smallest absolute Gasteiger partial charge is 0.341 e. The summed E-state index contributed by atoms with van der Waals surface area (Å²) in [7, 11) is 1.34. The van der Waals surface area contributed by atoms with E-state index >= 15 is 0 Å². The van der Waals surface area contributed by atoms with Crippen LogP contribution < -0.4 is 10.6 Å². The summed E-state index contributed by atoms with van der Waals surface area (Å²) in [5.41, 5.74) is 2.41. The maximum atomic E-state index is 12.7. The van der Waals surface area contributed by atoms with Crippen LogP contribution in [0.25, 0.3) is 0 Å². The number of carbonyl (C=O) groups is 3. The Labute approximate surface area is 155 Å². The van der Waals surface area contributed by atoms with E-state index in [4.69, 9.17) is 4.74 Å². The number of carbonyl (C=O) groups excluding carboxylic acids is 3. The van der Waals surface area contributed by atoms with E-state index in [9.17, 15) is 14.4 Å². The summed E-state index contributed by atoms with van der Waals surface area (Å²) in [5.74, 6) is -0.964. The molecule has 26 heavy (non-hydrogen) atoms. The fraction of sp³-hybridized carbons (Fsp3) is 0.316. The van der Waals surface area contributed by atoms with Gasteiger partial charge in [0, 0.05) is 23.1 Å². The number of fused-ring (bicyclic) bond motifs is 1. The summed E-state index contributed by atoms with van der Waals surface area (Å²) in [5, 5.41) is 6.02. The average molecular weight is 372 g/mol. The molecule has 1 aliphatic rings. The van der Waals surface area contributed by atoms with Crippen LogP contribution in [0.1, 0.15) is 50.9 Å². The number of anilines is 2. The van der Waals surface area contributed by atoms with Crippen molar-refractivity contribution in [2.45, 2.75) is 32.6 Å². The van der Waals surface area contributed by atoms with Gasteiger partial charge < -0.3 is 15.4 Å². The third kappa shape index (κ3) is 3.77. The molecular weight excluding hydrogens is 352 g/mol. The van der Waals surface area contributed by atoms with Crippen molar-refractivity contribution >= 4 is 39.8 Å². The predicted octanol–water partition coefficient (Wildman–Crippen LogP) is 3.62. The first-order valence-corrected chi connectivity index (χ1v) is 9.23. The first kappa shape index (κ1) is 18.1. The van der Waals surface area contributed by atoms with Crippen LogP contribution in [0.15, 0.2) is 24.3 Å². The third-order valence-corrected chi connectivity index (χ3v) is 5.44. The zero-order valence-electron chi connectivity index (χ0n) is 14.7. The highest BCUT2D eigenvalue weighted by molar-refractivity contribution is 7.17. The fourth-order valence-corrected chi connectivity index (χ4v) is 4.36. The maximum absolute atomic E-state index is 12.7. The Kier molecular flexibility index (Phi) is 5.37. The SMILES string of the molecule is COC(=O)c1c(NC(=O)c2cccc(NC(C)=O)c2)sc2c1CCCC2. The molecule has 136 valence electrons. The van der Waals surface area contributed by atoms with Crippen LogP contribution >= 0.6 is 11.3 Å². The van der Waals surface area contributed by atoms with Crippen molar-refractivity contribution in [3.63, 3.8) is 0 Å². The van der Waals surface area contributed by atoms with E-state index in [2.05, 4.69) is 10.6 Å². The second-order valence-corrected chi connectivity index (χ2v) is 7.23. The molecule has 1 aromatic carbocycles. The van der Waals surface area contributed by atoms with Crippen LogP contribution in [0.5, 0.6) is 0 Å². The number of methoxy groups -OCH3 is 1. The molecule has 1 aliphatic carbocycles. The van der Waals surface area contributed by atoms with E-state index in [-0.39, 0.29) is 11.8 Å². The fourth-order valence-electron chi connectivity index (χ4n) is 3.09. The molecule has 0 saturated heterocycles. The number of ether oxygens (including phenoxy) is 1. The predicted molar refractivity (Wildman–Crippen MR) is 101 cm³/mol. The normalized spacial score (nSPS) is 12.8. The first-order chi connectivity index (χ1) is 12.5. The lowest BCUT2D eigenvalue weighted by Crippen LogP contribution is -2.15. The molecule has 0 aliphatic heterocycles. The van der Waals surface area contributed by atoms with Crippen molar-refractivity contribution in [3.05, 3.63) is 45.8 Å². The minimum atomic E-state index is -0.424. The molecule has 2 N–H and O–H groups in total. The Morgan fingerprint density at radius 3 is 2.62 bits per heavy atom. The van der Waals surface area contributed by atoms with Crippen molar-refractivity contribution in [1.29, 1.82) is 0 Å². The molecule has 1 aromatic heterocycles. The molecule has 7 heteroatoms. The van der Waals surface area contributed by atoms with Gasteiger partial charge in [-0.25, -0.2) is 4.79 Å². The van der Waals surface area contributed by atoms with E-state index < -0.39 is 5.97 Å². The van der Waals surface area contributed by atoms with Crippen molar-refractivity contribution < 1.29 is 19.1 Å². The van der Waals surface area contributed by atoms with Crippen LogP contribution in [-0.4, -0.2) is 24.9 Å². The Hall–Kier alpha value is -2.67. The highest BCUT2D eigenvalue weighted by Gasteiger charge is 2.27. The molecule has 0 spiro atoms. The molecule has 3 rings (SSSR count). The maximum Gasteiger partial charge on any atom is 0.341 e. The lowest BCUT2D eigenvalue weighted by molar-refractivity contribution is -0.114. The van der Waals surface area contributed by atoms with Crippen molar-refractivity contribution in [2.75, 3.05) is 17.7 Å². The van der Waals surface area contributed by atoms with Crippen LogP contribution in [0.4, 0.5) is 10.7 Å². The Morgan fingerprint density at radius 2 is 1.88 bits per heavy atom. The quantitative estimate of drug-likeness (QED) is 0.803. The van der Waals surface area contributed by atoms with Crippen molar-refractivity contribution in [1.82, 2.24) is 0 Å². The minimum Gasteiger partial charge on any atom is -0.465 e. The summed E-state index contributed by atoms with van der Waals surface area (Å²) in [6, 6.07) is 6.66. The Balaban J connectivity index is 1.89. The van der Waals surface area contributed by atoms with Gasteiger partial charge in [-0.2, -0.15) is 0 Å². The van der Waals surface area contributed by atoms with Crippen molar-refractivity contribution in [2.24, 2.45) is 0 Å². The van der Waals surface area contributed by atoms with E-state index in [1.807, 2.05) is 0 Å². The number of hydrogen-bond donors (Lipinski definition) is 2. The number of aryl methyl sites for hydroxylation is 1. The van der Waals surface area contributed by atoms with Crippen LogP contribution in [0.3, 0.4) is 0 Å². The van der Waals surface area contributed by atoms with Crippen LogP contribution in [0.2, 0.25) is 0 Å². The topological polar surface area (TPSA) is 84.5 Å². The van der Waals surface area contributed by atoms with Gasteiger partial charge in [0.15, 0.2) is 0 Å². The molecule has 6 nitrogen and oxygen atoms in total. The van der Waals surface area contributed by atoms with Crippen molar-refractivity contribution in [3.8, 4) is 0 Å². The lowest BCUT2D eigenvalue weighted by atomic mass is 9.95. The van der Waals surface area contributed by atoms with E-state index in [1.54, 1.807) is 24.3 Å². The Bertz CT molecular complexity index is 872. The zero-order valence-corrected chi connectivity index (χ0v) is 15.5. The number of nitrogens with one attached hydrogen (secondary N) is 2. The molecule has 1 heterocycles. The molecule has 0 saturated carbocycles. The first-order valence-electron chi connectivity index (χ1n) is 8.41. The van der Waals surface area contributed by atoms with Gasteiger partial charge in [-0.05, 0) is 49.4 Å².